The average Bonchev–Trinajstić information content (AvgIpc) is 3.29. The number of hydrogen-bond donors (Lipinski definition) is 0. The van der Waals surface area contributed by atoms with Crippen molar-refractivity contribution in [1.82, 2.24) is 19.4 Å². The highest BCUT2D eigenvalue weighted by atomic mass is 16.5. The Bertz CT molecular complexity index is 1140. The van der Waals surface area contributed by atoms with Crippen molar-refractivity contribution in [3.8, 4) is 5.75 Å². The van der Waals surface area contributed by atoms with Gasteiger partial charge in [0.15, 0.2) is 0 Å². The van der Waals surface area contributed by atoms with Gasteiger partial charge in [0, 0.05) is 31.6 Å². The molecule has 0 unspecified atom stereocenters. The minimum absolute atomic E-state index is 0.145. The number of likely N-dealkylation sites (tertiary alicyclic amines) is 1. The van der Waals surface area contributed by atoms with Gasteiger partial charge in [0.25, 0.3) is 5.91 Å². The number of unbranched alkanes of at least 4 members (excludes halogenated alkanes) is 2. The zero-order valence-electron chi connectivity index (χ0n) is 23.8. The van der Waals surface area contributed by atoms with Gasteiger partial charge in [0.05, 0.1) is 18.1 Å². The number of nitrogens with zero attached hydrogens (tertiary/aromatic N) is 4. The molecule has 0 atom stereocenters. The largest absolute Gasteiger partial charge is 0.497 e. The van der Waals surface area contributed by atoms with Crippen LogP contribution in [0, 0.1) is 0 Å². The van der Waals surface area contributed by atoms with Gasteiger partial charge in [-0.3, -0.25) is 4.79 Å². The maximum absolute atomic E-state index is 13.6. The predicted octanol–water partition coefficient (Wildman–Crippen LogP) is 6.55. The second-order valence-electron chi connectivity index (χ2n) is 10.7. The smallest absolute Gasteiger partial charge is 0.253 e. The molecule has 6 heteroatoms. The predicted molar refractivity (Wildman–Crippen MR) is 156 cm³/mol. The summed E-state index contributed by atoms with van der Waals surface area (Å²) in [5, 5.41) is 0. The van der Waals surface area contributed by atoms with Crippen LogP contribution in [0.1, 0.15) is 87.0 Å². The zero-order valence-corrected chi connectivity index (χ0v) is 23.8. The van der Waals surface area contributed by atoms with Crippen LogP contribution >= 0.6 is 0 Å². The van der Waals surface area contributed by atoms with E-state index in [1.54, 1.807) is 7.11 Å². The van der Waals surface area contributed by atoms with Crippen LogP contribution in [0.4, 0.5) is 0 Å². The molecule has 3 aromatic rings. The highest BCUT2D eigenvalue weighted by Gasteiger charge is 2.19. The van der Waals surface area contributed by atoms with Crippen molar-refractivity contribution < 1.29 is 9.53 Å². The van der Waals surface area contributed by atoms with Gasteiger partial charge in [0.1, 0.15) is 11.6 Å². The molecule has 0 saturated carbocycles. The molecule has 0 spiro atoms. The molecule has 2 heterocycles. The fraction of sp³-hybridized carbons (Fsp3) is 0.562. The number of ether oxygens (including phenoxy) is 1. The van der Waals surface area contributed by atoms with Crippen molar-refractivity contribution in [1.29, 1.82) is 0 Å². The van der Waals surface area contributed by atoms with Crippen molar-refractivity contribution in [2.45, 2.75) is 78.2 Å². The van der Waals surface area contributed by atoms with Gasteiger partial charge >= 0.3 is 0 Å². The molecule has 0 bridgehead atoms. The normalized spacial score (nSPS) is 14.2. The Labute approximate surface area is 229 Å². The van der Waals surface area contributed by atoms with Crippen LogP contribution in [0.2, 0.25) is 0 Å². The highest BCUT2D eigenvalue weighted by Crippen LogP contribution is 2.23. The van der Waals surface area contributed by atoms with E-state index in [9.17, 15) is 4.79 Å². The molecule has 1 aliphatic rings. The highest BCUT2D eigenvalue weighted by molar-refractivity contribution is 5.97. The summed E-state index contributed by atoms with van der Waals surface area (Å²) in [7, 11) is 1.70. The Morgan fingerprint density at radius 2 is 1.63 bits per heavy atom. The van der Waals surface area contributed by atoms with E-state index in [1.165, 1.54) is 37.9 Å². The summed E-state index contributed by atoms with van der Waals surface area (Å²) in [4.78, 5) is 23.3. The third kappa shape index (κ3) is 7.37. The van der Waals surface area contributed by atoms with Crippen LogP contribution in [-0.4, -0.2) is 65.1 Å². The number of piperidine rings is 1. The molecular formula is C32H46N4O2. The summed E-state index contributed by atoms with van der Waals surface area (Å²) in [5.74, 6) is 2.07. The molecule has 1 amide bonds. The lowest BCUT2D eigenvalue weighted by atomic mass is 10.1. The SMILES string of the molecule is CCCCN(CCCC)C(=O)c1ccc2nc(Cc3ccc(OC)cc3)n(CCCN3CCCCC3)c2c1. The van der Waals surface area contributed by atoms with E-state index in [4.69, 9.17) is 9.72 Å². The minimum atomic E-state index is 0.145. The first-order valence-electron chi connectivity index (χ1n) is 14.8. The zero-order chi connectivity index (χ0) is 26.7. The van der Waals surface area contributed by atoms with E-state index >= 15 is 0 Å². The summed E-state index contributed by atoms with van der Waals surface area (Å²) in [5.41, 5.74) is 4.03. The minimum Gasteiger partial charge on any atom is -0.497 e. The van der Waals surface area contributed by atoms with Crippen LogP contribution in [0.15, 0.2) is 42.5 Å². The lowest BCUT2D eigenvalue weighted by Crippen LogP contribution is -2.33. The maximum Gasteiger partial charge on any atom is 0.253 e. The molecule has 1 aliphatic heterocycles. The number of methoxy groups -OCH3 is 1. The van der Waals surface area contributed by atoms with E-state index in [0.29, 0.717) is 0 Å². The van der Waals surface area contributed by atoms with Crippen molar-refractivity contribution in [3.63, 3.8) is 0 Å². The van der Waals surface area contributed by atoms with E-state index in [1.807, 2.05) is 29.2 Å². The number of rotatable bonds is 14. The second kappa shape index (κ2) is 14.3. The Kier molecular flexibility index (Phi) is 10.6. The maximum atomic E-state index is 13.6. The fourth-order valence-corrected chi connectivity index (χ4v) is 5.45. The number of aromatic nitrogens is 2. The average molecular weight is 519 g/mol. The first kappa shape index (κ1) is 28.2. The van der Waals surface area contributed by atoms with Crippen LogP contribution in [0.5, 0.6) is 5.75 Å². The number of hydrogen-bond acceptors (Lipinski definition) is 4. The number of aryl methyl sites for hydroxylation is 1. The number of amides is 1. The molecule has 38 heavy (non-hydrogen) atoms. The summed E-state index contributed by atoms with van der Waals surface area (Å²) in [6.07, 6.45) is 10.1. The first-order valence-corrected chi connectivity index (χ1v) is 14.8. The fourth-order valence-electron chi connectivity index (χ4n) is 5.45. The van der Waals surface area contributed by atoms with Crippen molar-refractivity contribution in [3.05, 3.63) is 59.4 Å². The lowest BCUT2D eigenvalue weighted by Gasteiger charge is -2.26. The van der Waals surface area contributed by atoms with Crippen LogP contribution in [-0.2, 0) is 13.0 Å². The van der Waals surface area contributed by atoms with E-state index in [-0.39, 0.29) is 5.91 Å². The van der Waals surface area contributed by atoms with E-state index in [0.717, 1.165) is 92.9 Å². The van der Waals surface area contributed by atoms with Crippen molar-refractivity contribution >= 4 is 16.9 Å². The summed E-state index contributed by atoms with van der Waals surface area (Å²) >= 11 is 0. The molecule has 206 valence electrons. The number of benzene rings is 2. The van der Waals surface area contributed by atoms with Gasteiger partial charge in [-0.1, -0.05) is 45.2 Å². The summed E-state index contributed by atoms with van der Waals surface area (Å²) < 4.78 is 7.71. The first-order chi connectivity index (χ1) is 18.6. The van der Waals surface area contributed by atoms with Crippen molar-refractivity contribution in [2.75, 3.05) is 39.8 Å². The molecule has 1 aromatic heterocycles. The molecular weight excluding hydrogens is 472 g/mol. The number of imidazole rings is 1. The van der Waals surface area contributed by atoms with Gasteiger partial charge in [0.2, 0.25) is 0 Å². The van der Waals surface area contributed by atoms with E-state index in [2.05, 4.69) is 41.5 Å². The molecule has 4 rings (SSSR count). The van der Waals surface area contributed by atoms with Gasteiger partial charge in [-0.25, -0.2) is 4.98 Å². The third-order valence-corrected chi connectivity index (χ3v) is 7.75. The van der Waals surface area contributed by atoms with Gasteiger partial charge in [-0.05, 0) is 87.6 Å². The molecule has 0 aliphatic carbocycles. The second-order valence-corrected chi connectivity index (χ2v) is 10.7. The third-order valence-electron chi connectivity index (χ3n) is 7.75. The topological polar surface area (TPSA) is 50.6 Å². The Balaban J connectivity index is 1.60. The summed E-state index contributed by atoms with van der Waals surface area (Å²) in [6, 6.07) is 14.4. The standard InChI is InChI=1S/C32H46N4O2/c1-4-6-21-35(22-7-5-2)32(37)27-14-17-29-30(25-27)36(23-11-20-34-18-9-8-10-19-34)31(33-29)24-26-12-15-28(38-3)16-13-26/h12-17,25H,4-11,18-24H2,1-3H3. The Morgan fingerprint density at radius 3 is 2.29 bits per heavy atom. The van der Waals surface area contributed by atoms with Gasteiger partial charge in [-0.2, -0.15) is 0 Å². The molecule has 1 fully saturated rings. The van der Waals surface area contributed by atoms with Gasteiger partial charge < -0.3 is 19.1 Å². The number of carbonyl (C=O) groups excluding carboxylic acids is 1. The molecule has 0 N–H and O–H groups in total. The number of carbonyl (C=O) groups is 1. The monoisotopic (exact) mass is 518 g/mol. The van der Waals surface area contributed by atoms with Crippen LogP contribution < -0.4 is 4.74 Å². The Morgan fingerprint density at radius 1 is 0.921 bits per heavy atom. The Hall–Kier alpha value is -2.86. The molecule has 1 saturated heterocycles. The van der Waals surface area contributed by atoms with Crippen LogP contribution in [0.25, 0.3) is 11.0 Å². The van der Waals surface area contributed by atoms with E-state index < -0.39 is 0 Å². The van der Waals surface area contributed by atoms with Gasteiger partial charge in [-0.15, -0.1) is 0 Å². The number of fused-ring (bicyclic) bond motifs is 1. The lowest BCUT2D eigenvalue weighted by molar-refractivity contribution is 0.0751. The quantitative estimate of drug-likeness (QED) is 0.243. The molecule has 0 radical (unpaired) electrons. The van der Waals surface area contributed by atoms with Crippen molar-refractivity contribution in [2.24, 2.45) is 0 Å². The molecule has 2 aromatic carbocycles. The molecule has 6 nitrogen and oxygen atoms in total. The summed E-state index contributed by atoms with van der Waals surface area (Å²) in [6.45, 7) is 10.5. The van der Waals surface area contributed by atoms with Crippen LogP contribution in [0.3, 0.4) is 0 Å².